The Labute approximate surface area is 243 Å². The number of rotatable bonds is 0. The minimum atomic E-state index is 0. The van der Waals surface area contributed by atoms with Crippen LogP contribution in [-0.2, 0) is 0 Å². The van der Waals surface area contributed by atoms with Crippen LogP contribution < -0.4 is 0 Å². The van der Waals surface area contributed by atoms with Crippen LogP contribution in [0.3, 0.4) is 0 Å². The molecule has 0 bridgehead atoms. The summed E-state index contributed by atoms with van der Waals surface area (Å²) in [6.45, 7) is 0. The average Bonchev–Trinajstić information content (AvgIpc) is 0. The molecule has 0 aliphatic carbocycles. The first-order valence-electron chi connectivity index (χ1n) is 0. The molecule has 0 fully saturated rings. The molecule has 0 saturated heterocycles. The van der Waals surface area contributed by atoms with Gasteiger partial charge in [-0.15, -0.1) is 0 Å². The maximum absolute atomic E-state index is 0. The zero-order valence-electron chi connectivity index (χ0n) is 25.6. The van der Waals surface area contributed by atoms with Crippen LogP contribution in [0.2, 0.25) is 0 Å². The van der Waals surface area contributed by atoms with Crippen LogP contribution in [0, 0.1) is 0 Å². The van der Waals surface area contributed by atoms with E-state index < -0.39 is 0 Å². The van der Waals surface area contributed by atoms with Gasteiger partial charge in [0.05, 0.1) is 0 Å². The Morgan fingerprint density at radius 1 is 0.250 bits per heavy atom. The van der Waals surface area contributed by atoms with Crippen molar-refractivity contribution in [2.45, 2.75) is 0 Å². The monoisotopic (exact) mass is 294 g/mol. The Hall–Kier alpha value is 6.69. The van der Waals surface area contributed by atoms with E-state index >= 15 is 0 Å². The Balaban J connectivity index is 0. The van der Waals surface area contributed by atoms with E-state index in [4.69, 9.17) is 0 Å². The molecule has 0 aromatic rings. The molecule has 0 aliphatic rings. The molecular formula is H21F3Mg9. The fraction of sp³-hybridized carbons (Fsp3) is 0. The van der Waals surface area contributed by atoms with Gasteiger partial charge in [-0.25, -0.2) is 0 Å². The molecule has 12 heavy (non-hydrogen) atoms. The van der Waals surface area contributed by atoms with Crippen molar-refractivity contribution in [3.8, 4) is 0 Å². The summed E-state index contributed by atoms with van der Waals surface area (Å²) in [6.07, 6.45) is 0. The van der Waals surface area contributed by atoms with E-state index in [1.165, 1.54) is 0 Å². The number of halogens is 3. The molecule has 12 heteroatoms. The summed E-state index contributed by atoms with van der Waals surface area (Å²) < 4.78 is 0. The number of hydrogen-bond donors (Lipinski definition) is 0. The van der Waals surface area contributed by atoms with Crippen LogP contribution in [0.1, 0.15) is 25.7 Å². The molecule has 0 rings (SSSR count). The van der Waals surface area contributed by atoms with E-state index in [0.717, 1.165) is 0 Å². The molecule has 0 aliphatic heterocycles. The maximum atomic E-state index is 0. The molecule has 0 heterocycles. The predicted molar refractivity (Wildman–Crippen MR) is 79.3 cm³/mol. The summed E-state index contributed by atoms with van der Waals surface area (Å²) in [7, 11) is 0. The third kappa shape index (κ3) is 91.8. The molecule has 0 nitrogen and oxygen atoms in total. The van der Waals surface area contributed by atoms with Crippen LogP contribution >= 0.6 is 0 Å². The van der Waals surface area contributed by atoms with Gasteiger partial charge in [0.15, 0.2) is 0 Å². The van der Waals surface area contributed by atoms with Crippen LogP contribution in [0.4, 0.5) is 14.1 Å². The van der Waals surface area contributed by atoms with E-state index in [1.807, 2.05) is 0 Å². The summed E-state index contributed by atoms with van der Waals surface area (Å²) in [5.74, 6) is 0. The fourth-order valence-corrected chi connectivity index (χ4v) is 0. The van der Waals surface area contributed by atoms with Crippen molar-refractivity contribution in [2.24, 2.45) is 0 Å². The van der Waals surface area contributed by atoms with Crippen molar-refractivity contribution in [1.82, 2.24) is 0 Å². The Kier molecular flexibility index (Phi) is 1200. The first kappa shape index (κ1) is 131. The number of hydrogen-bond acceptors (Lipinski definition) is 0. The second-order valence-electron chi connectivity index (χ2n) is 0. The topological polar surface area (TPSA) is 0 Å². The summed E-state index contributed by atoms with van der Waals surface area (Å²) in [5.41, 5.74) is 0. The molecule has 0 atom stereocenters. The van der Waals surface area contributed by atoms with E-state index in [0.29, 0.717) is 0 Å². The largest absolute Gasteiger partial charge is 2.00 e. The third-order valence-corrected chi connectivity index (χ3v) is 0. The standard InChI is InChI=1S/3FH.9Mg.18H/h3*1H;;;;;;;;;;;;;;;;;;;;;;;;;;;/q;;;9*+2;18*-1. The van der Waals surface area contributed by atoms with Gasteiger partial charge in [-0.2, -0.15) is 0 Å². The molecule has 60 valence electrons. The molecule has 0 amide bonds. The van der Waals surface area contributed by atoms with Crippen LogP contribution in [0.5, 0.6) is 0 Å². The van der Waals surface area contributed by atoms with Crippen molar-refractivity contribution in [2.75, 3.05) is 0 Å². The normalized spacial score (nSPS) is 0. The zero-order chi connectivity index (χ0) is 0. The second kappa shape index (κ2) is 110. The zero-order valence-corrected chi connectivity index (χ0v) is 20.3. The fourth-order valence-electron chi connectivity index (χ4n) is 0. The van der Waals surface area contributed by atoms with E-state index in [1.54, 1.807) is 0 Å². The average molecular weight is 297 g/mol. The molecule has 0 unspecified atom stereocenters. The minimum Gasteiger partial charge on any atom is -1.00 e. The van der Waals surface area contributed by atoms with Crippen LogP contribution in [0.15, 0.2) is 0 Å². The van der Waals surface area contributed by atoms with Gasteiger partial charge in [-0.05, 0) is 0 Å². The van der Waals surface area contributed by atoms with Crippen LogP contribution in [0.25, 0.3) is 0 Å². The Morgan fingerprint density at radius 2 is 0.250 bits per heavy atom. The van der Waals surface area contributed by atoms with Gasteiger partial charge in [0.2, 0.25) is 0 Å². The summed E-state index contributed by atoms with van der Waals surface area (Å²) in [5, 5.41) is 0. The summed E-state index contributed by atoms with van der Waals surface area (Å²) in [6, 6.07) is 0. The van der Waals surface area contributed by atoms with E-state index in [2.05, 4.69) is 0 Å². The van der Waals surface area contributed by atoms with Gasteiger partial charge in [0, 0.05) is 0 Å². The second-order valence-corrected chi connectivity index (χ2v) is 0. The molecule has 0 aromatic carbocycles. The van der Waals surface area contributed by atoms with Crippen molar-refractivity contribution in [1.29, 1.82) is 0 Å². The van der Waals surface area contributed by atoms with Crippen LogP contribution in [-0.4, -0.2) is 207 Å². The van der Waals surface area contributed by atoms with Crippen molar-refractivity contribution >= 4 is 207 Å². The Morgan fingerprint density at radius 3 is 0.250 bits per heavy atom. The van der Waals surface area contributed by atoms with Gasteiger partial charge < -0.3 is 25.7 Å². The molecule has 0 aromatic heterocycles. The van der Waals surface area contributed by atoms with E-state index in [9.17, 15) is 0 Å². The van der Waals surface area contributed by atoms with Crippen molar-refractivity contribution < 1.29 is 39.8 Å². The van der Waals surface area contributed by atoms with E-state index in [-0.39, 0.29) is 247 Å². The summed E-state index contributed by atoms with van der Waals surface area (Å²) in [4.78, 5) is 0. The molecule has 0 spiro atoms. The van der Waals surface area contributed by atoms with Gasteiger partial charge in [0.1, 0.15) is 0 Å². The smallest absolute Gasteiger partial charge is 1.00 e. The van der Waals surface area contributed by atoms with Crippen molar-refractivity contribution in [3.05, 3.63) is 0 Å². The van der Waals surface area contributed by atoms with Gasteiger partial charge in [0.25, 0.3) is 0 Å². The van der Waals surface area contributed by atoms with Gasteiger partial charge >= 0.3 is 207 Å². The first-order valence-corrected chi connectivity index (χ1v) is 0. The molecule has 0 saturated carbocycles. The molecule has 0 N–H and O–H groups in total. The quantitative estimate of drug-likeness (QED) is 0.506. The first-order chi connectivity index (χ1) is 0. The predicted octanol–water partition coefficient (Wildman–Crippen LogP) is -0.945. The Bertz CT molecular complexity index is 38.9. The summed E-state index contributed by atoms with van der Waals surface area (Å²) >= 11 is 0. The SMILES string of the molecule is F.F.F.[H-].[H-].[H-].[H-].[H-].[H-].[H-].[H-].[H-].[H-].[H-].[H-].[H-].[H-].[H-].[H-].[H-].[H-].[Mg+2].[Mg+2].[Mg+2].[Mg+2].[Mg+2].[Mg+2].[Mg+2].[Mg+2].[Mg+2]. The maximum Gasteiger partial charge on any atom is 2.00 e. The molecule has 0 radical (unpaired) electrons. The minimum absolute atomic E-state index is 0. The van der Waals surface area contributed by atoms with Gasteiger partial charge in [-0.3, -0.25) is 14.1 Å². The third-order valence-electron chi connectivity index (χ3n) is 0. The van der Waals surface area contributed by atoms with Gasteiger partial charge in [-0.1, -0.05) is 0 Å². The molecular weight excluding hydrogens is 276 g/mol. The van der Waals surface area contributed by atoms with Crippen molar-refractivity contribution in [3.63, 3.8) is 0 Å².